The van der Waals surface area contributed by atoms with Gasteiger partial charge >= 0.3 is 17.9 Å². The van der Waals surface area contributed by atoms with E-state index < -0.39 is 36.4 Å². The molecule has 0 aromatic carbocycles. The average molecular weight is 268 g/mol. The summed E-state index contributed by atoms with van der Waals surface area (Å²) in [6.07, 6.45) is -2.29. The minimum atomic E-state index is -2.74. The van der Waals surface area contributed by atoms with Gasteiger partial charge in [-0.15, -0.1) is 0 Å². The summed E-state index contributed by atoms with van der Waals surface area (Å²) >= 11 is 0. The summed E-state index contributed by atoms with van der Waals surface area (Å²) in [6, 6.07) is 0. The topological polar surface area (TPSA) is 195 Å². The zero-order valence-electron chi connectivity index (χ0n) is 8.13. The largest absolute Gasteiger partial charge is 0.481 e. The van der Waals surface area contributed by atoms with Gasteiger partial charge in [0, 0.05) is 37.7 Å². The molecule has 10 heteroatoms. The van der Waals surface area contributed by atoms with Crippen molar-refractivity contribution in [3.05, 3.63) is 0 Å². The van der Waals surface area contributed by atoms with Crippen molar-refractivity contribution in [3.63, 3.8) is 0 Å². The van der Waals surface area contributed by atoms with Gasteiger partial charge in [0.15, 0.2) is 5.60 Å². The molecule has 0 aliphatic carbocycles. The molecule has 0 unspecified atom stereocenters. The van der Waals surface area contributed by atoms with Gasteiger partial charge in [0.2, 0.25) is 0 Å². The Bertz CT molecular complexity index is 234. The van der Waals surface area contributed by atoms with Crippen molar-refractivity contribution >= 4 is 55.6 Å². The first-order chi connectivity index (χ1) is 5.78. The maximum Gasteiger partial charge on any atom is 0.336 e. The SMILES string of the molecule is O.O.O=C(O)CC(O)(CC(=O)O)C(=O)O.[Ca]. The van der Waals surface area contributed by atoms with Gasteiger partial charge in [-0.05, 0) is 0 Å². The van der Waals surface area contributed by atoms with Crippen LogP contribution in [0.2, 0.25) is 0 Å². The van der Waals surface area contributed by atoms with Crippen LogP contribution < -0.4 is 0 Å². The van der Waals surface area contributed by atoms with E-state index in [2.05, 4.69) is 0 Å². The van der Waals surface area contributed by atoms with Crippen LogP contribution in [0.4, 0.5) is 0 Å². The quantitative estimate of drug-likeness (QED) is 0.375. The number of hydrogen-bond acceptors (Lipinski definition) is 4. The van der Waals surface area contributed by atoms with Gasteiger partial charge in [0.05, 0.1) is 12.8 Å². The minimum Gasteiger partial charge on any atom is -0.481 e. The molecule has 0 aromatic heterocycles. The summed E-state index contributed by atoms with van der Waals surface area (Å²) in [6.45, 7) is 0. The number of carboxylic acids is 3. The number of aliphatic hydroxyl groups is 1. The molecule has 0 saturated heterocycles. The third-order valence-electron chi connectivity index (χ3n) is 1.29. The van der Waals surface area contributed by atoms with Crippen molar-refractivity contribution in [2.45, 2.75) is 18.4 Å². The standard InChI is InChI=1S/C6H8O7.Ca.2H2O/c7-3(8)1-6(13,5(11)12)2-4(9)10;;;/h13H,1-2H2,(H,7,8)(H,9,10)(H,11,12);;2*1H2. The summed E-state index contributed by atoms with van der Waals surface area (Å²) in [5.41, 5.74) is -2.74. The Morgan fingerprint density at radius 1 is 0.875 bits per heavy atom. The summed E-state index contributed by atoms with van der Waals surface area (Å²) in [7, 11) is 0. The van der Waals surface area contributed by atoms with E-state index >= 15 is 0 Å². The Morgan fingerprint density at radius 3 is 1.25 bits per heavy atom. The first-order valence-electron chi connectivity index (χ1n) is 3.17. The average Bonchev–Trinajstić information content (AvgIpc) is 1.82. The van der Waals surface area contributed by atoms with Gasteiger partial charge in [0.1, 0.15) is 0 Å². The molecule has 92 valence electrons. The smallest absolute Gasteiger partial charge is 0.336 e. The Morgan fingerprint density at radius 2 is 1.12 bits per heavy atom. The van der Waals surface area contributed by atoms with E-state index in [1.807, 2.05) is 0 Å². The predicted octanol–water partition coefficient (Wildman–Crippen LogP) is -3.28. The third-order valence-corrected chi connectivity index (χ3v) is 1.29. The summed E-state index contributed by atoms with van der Waals surface area (Å²) < 4.78 is 0. The fraction of sp³-hybridized carbons (Fsp3) is 0.500. The minimum absolute atomic E-state index is 0. The Hall–Kier alpha value is -0.450. The van der Waals surface area contributed by atoms with Gasteiger partial charge in [-0.1, -0.05) is 0 Å². The summed E-state index contributed by atoms with van der Waals surface area (Å²) in [5, 5.41) is 33.8. The van der Waals surface area contributed by atoms with Gasteiger partial charge in [-0.2, -0.15) is 0 Å². The first kappa shape index (κ1) is 24.7. The third kappa shape index (κ3) is 8.83. The van der Waals surface area contributed by atoms with E-state index in [0.717, 1.165) is 0 Å². The summed E-state index contributed by atoms with van der Waals surface area (Å²) in [5.74, 6) is -5.02. The molecule has 0 aliphatic rings. The van der Waals surface area contributed by atoms with Crippen LogP contribution in [-0.4, -0.2) is 92.6 Å². The van der Waals surface area contributed by atoms with E-state index in [4.69, 9.17) is 20.4 Å². The van der Waals surface area contributed by atoms with Gasteiger partial charge in [0.25, 0.3) is 0 Å². The van der Waals surface area contributed by atoms with Crippen molar-refractivity contribution in [1.29, 1.82) is 0 Å². The molecule has 0 fully saturated rings. The molecule has 0 bridgehead atoms. The van der Waals surface area contributed by atoms with Crippen molar-refractivity contribution in [3.8, 4) is 0 Å². The second-order valence-corrected chi connectivity index (χ2v) is 2.48. The number of carbonyl (C=O) groups is 3. The number of carboxylic acid groups (broad SMARTS) is 3. The Kier molecular flexibility index (Phi) is 15.0. The van der Waals surface area contributed by atoms with E-state index in [1.54, 1.807) is 0 Å². The van der Waals surface area contributed by atoms with Gasteiger partial charge < -0.3 is 31.4 Å². The van der Waals surface area contributed by atoms with E-state index in [9.17, 15) is 14.4 Å². The van der Waals surface area contributed by atoms with Crippen molar-refractivity contribution in [2.24, 2.45) is 0 Å². The number of rotatable bonds is 5. The molecule has 0 amide bonds. The summed E-state index contributed by atoms with van der Waals surface area (Å²) in [4.78, 5) is 30.5. The van der Waals surface area contributed by atoms with Gasteiger partial charge in [-0.25, -0.2) is 4.79 Å². The van der Waals surface area contributed by atoms with E-state index in [-0.39, 0.29) is 48.7 Å². The second-order valence-electron chi connectivity index (χ2n) is 2.48. The zero-order chi connectivity index (χ0) is 10.6. The normalized spacial score (nSPS) is 8.81. The van der Waals surface area contributed by atoms with Gasteiger partial charge in [-0.3, -0.25) is 9.59 Å². The van der Waals surface area contributed by atoms with Crippen LogP contribution in [0.25, 0.3) is 0 Å². The van der Waals surface area contributed by atoms with E-state index in [1.165, 1.54) is 0 Å². The molecule has 0 rings (SSSR count). The molecule has 0 saturated carbocycles. The van der Waals surface area contributed by atoms with Crippen LogP contribution in [0, 0.1) is 0 Å². The molecule has 9 nitrogen and oxygen atoms in total. The molecular weight excluding hydrogens is 256 g/mol. The molecule has 0 aromatic rings. The molecule has 0 heterocycles. The molecular formula is C6H12CaO9. The molecule has 16 heavy (non-hydrogen) atoms. The molecule has 2 radical (unpaired) electrons. The number of hydrogen-bond donors (Lipinski definition) is 4. The van der Waals surface area contributed by atoms with Crippen LogP contribution in [0.15, 0.2) is 0 Å². The first-order valence-corrected chi connectivity index (χ1v) is 3.17. The Labute approximate surface area is 119 Å². The maximum absolute atomic E-state index is 10.3. The van der Waals surface area contributed by atoms with Crippen molar-refractivity contribution in [1.82, 2.24) is 0 Å². The molecule has 0 spiro atoms. The number of aliphatic carboxylic acids is 3. The van der Waals surface area contributed by atoms with Crippen LogP contribution in [-0.2, 0) is 14.4 Å². The second kappa shape index (κ2) is 9.75. The van der Waals surface area contributed by atoms with Crippen LogP contribution >= 0.6 is 0 Å². The zero-order valence-corrected chi connectivity index (χ0v) is 10.3. The fourth-order valence-electron chi connectivity index (χ4n) is 0.714. The predicted molar refractivity (Wildman–Crippen MR) is 50.1 cm³/mol. The molecule has 0 aliphatic heterocycles. The Balaban J connectivity index is -0.000000240. The molecule has 8 N–H and O–H groups in total. The van der Waals surface area contributed by atoms with Crippen LogP contribution in [0.5, 0.6) is 0 Å². The van der Waals surface area contributed by atoms with Crippen LogP contribution in [0.1, 0.15) is 12.8 Å². The molecule has 0 atom stereocenters. The maximum atomic E-state index is 10.3. The van der Waals surface area contributed by atoms with E-state index in [0.29, 0.717) is 0 Å². The monoisotopic (exact) mass is 268 g/mol. The van der Waals surface area contributed by atoms with Crippen molar-refractivity contribution in [2.75, 3.05) is 0 Å². The van der Waals surface area contributed by atoms with Crippen LogP contribution in [0.3, 0.4) is 0 Å². The van der Waals surface area contributed by atoms with Crippen molar-refractivity contribution < 1.29 is 45.8 Å². The fourth-order valence-corrected chi connectivity index (χ4v) is 0.714.